The van der Waals surface area contributed by atoms with E-state index in [0.29, 0.717) is 0 Å². The second kappa shape index (κ2) is 3.07. The molecule has 1 fully saturated rings. The highest BCUT2D eigenvalue weighted by Crippen LogP contribution is 2.36. The van der Waals surface area contributed by atoms with Gasteiger partial charge >= 0.3 is 0 Å². The van der Waals surface area contributed by atoms with Crippen LogP contribution < -0.4 is 5.73 Å². The van der Waals surface area contributed by atoms with Crippen molar-refractivity contribution in [1.29, 1.82) is 0 Å². The first-order valence-electron chi connectivity index (χ1n) is 5.38. The molecule has 0 spiro atoms. The first-order chi connectivity index (χ1) is 7.25. The third-order valence-corrected chi connectivity index (χ3v) is 3.11. The van der Waals surface area contributed by atoms with Crippen molar-refractivity contribution >= 4 is 11.1 Å². The van der Waals surface area contributed by atoms with E-state index in [2.05, 4.69) is 11.1 Å². The average molecular weight is 202 g/mol. The van der Waals surface area contributed by atoms with Crippen LogP contribution in [0.5, 0.6) is 0 Å². The molecule has 2 aromatic heterocycles. The molecule has 0 saturated heterocycles. The van der Waals surface area contributed by atoms with E-state index in [1.165, 1.54) is 0 Å². The van der Waals surface area contributed by atoms with Gasteiger partial charge in [-0.2, -0.15) is 0 Å². The molecule has 3 nitrogen and oxygen atoms in total. The molecule has 1 aliphatic carbocycles. The van der Waals surface area contributed by atoms with Gasteiger partial charge < -0.3 is 10.2 Å². The van der Waals surface area contributed by atoms with E-state index in [1.807, 2.05) is 12.1 Å². The summed E-state index contributed by atoms with van der Waals surface area (Å²) in [7, 11) is 0. The van der Waals surface area contributed by atoms with Crippen molar-refractivity contribution in [1.82, 2.24) is 4.98 Å². The first kappa shape index (κ1) is 8.92. The van der Waals surface area contributed by atoms with E-state index in [0.717, 1.165) is 42.5 Å². The monoisotopic (exact) mass is 202 g/mol. The highest BCUT2D eigenvalue weighted by atomic mass is 16.3. The molecule has 2 heterocycles. The average Bonchev–Trinajstić information content (AvgIpc) is 2.83. The van der Waals surface area contributed by atoms with Gasteiger partial charge in [0.05, 0.1) is 0 Å². The van der Waals surface area contributed by atoms with Crippen LogP contribution in [0.15, 0.2) is 28.8 Å². The molecule has 1 saturated carbocycles. The summed E-state index contributed by atoms with van der Waals surface area (Å²) in [5.74, 6) is 1.00. The molecule has 0 aliphatic heterocycles. The number of aromatic nitrogens is 1. The highest BCUT2D eigenvalue weighted by molar-refractivity contribution is 5.73. The van der Waals surface area contributed by atoms with E-state index < -0.39 is 0 Å². The van der Waals surface area contributed by atoms with Gasteiger partial charge in [0.15, 0.2) is 0 Å². The van der Waals surface area contributed by atoms with Gasteiger partial charge in [0, 0.05) is 23.5 Å². The smallest absolute Gasteiger partial charge is 0.226 e. The van der Waals surface area contributed by atoms with Crippen LogP contribution in [0.4, 0.5) is 0 Å². The number of hydrogen-bond donors (Lipinski definition) is 1. The summed E-state index contributed by atoms with van der Waals surface area (Å²) in [6.07, 6.45) is 6.01. The predicted molar refractivity (Wildman–Crippen MR) is 58.5 cm³/mol. The van der Waals surface area contributed by atoms with E-state index >= 15 is 0 Å². The summed E-state index contributed by atoms with van der Waals surface area (Å²) in [5.41, 5.74) is 6.87. The molecule has 0 atom stereocenters. The number of furan rings is 1. The zero-order chi connectivity index (χ0) is 10.3. The molecule has 3 rings (SSSR count). The van der Waals surface area contributed by atoms with Crippen LogP contribution in [-0.4, -0.2) is 10.5 Å². The summed E-state index contributed by atoms with van der Waals surface area (Å²) >= 11 is 0. The van der Waals surface area contributed by atoms with Crippen molar-refractivity contribution in [2.75, 3.05) is 0 Å². The summed E-state index contributed by atoms with van der Waals surface area (Å²) in [6.45, 7) is 0. The molecule has 0 aromatic carbocycles. The molecular formula is C12H14N2O. The fourth-order valence-electron chi connectivity index (χ4n) is 1.83. The largest absolute Gasteiger partial charge is 0.443 e. The Bertz CT molecular complexity index is 452. The molecule has 0 bridgehead atoms. The van der Waals surface area contributed by atoms with Crippen LogP contribution in [-0.2, 0) is 6.42 Å². The lowest BCUT2D eigenvalue weighted by molar-refractivity contribution is 0.502. The Balaban J connectivity index is 1.79. The molecule has 0 radical (unpaired) electrons. The minimum absolute atomic E-state index is 0.104. The minimum Gasteiger partial charge on any atom is -0.443 e. The molecule has 78 valence electrons. The Labute approximate surface area is 88.3 Å². The summed E-state index contributed by atoms with van der Waals surface area (Å²) in [5, 5.41) is 1.08. The number of hydrogen-bond acceptors (Lipinski definition) is 3. The Hall–Kier alpha value is -1.35. The Morgan fingerprint density at radius 3 is 3.07 bits per heavy atom. The fourth-order valence-corrected chi connectivity index (χ4v) is 1.83. The van der Waals surface area contributed by atoms with Crippen molar-refractivity contribution in [3.05, 3.63) is 30.2 Å². The van der Waals surface area contributed by atoms with Crippen LogP contribution in [0.1, 0.15) is 25.0 Å². The molecule has 15 heavy (non-hydrogen) atoms. The van der Waals surface area contributed by atoms with Gasteiger partial charge in [0.2, 0.25) is 5.71 Å². The molecule has 3 heteroatoms. The second-order valence-electron chi connectivity index (χ2n) is 4.47. The summed E-state index contributed by atoms with van der Waals surface area (Å²) in [6, 6.07) is 6.01. The Morgan fingerprint density at radius 2 is 2.33 bits per heavy atom. The van der Waals surface area contributed by atoms with Crippen LogP contribution in [0.3, 0.4) is 0 Å². The lowest BCUT2D eigenvalue weighted by atomic mass is 10.1. The number of pyridine rings is 1. The van der Waals surface area contributed by atoms with Gasteiger partial charge in [-0.25, -0.2) is 4.98 Å². The van der Waals surface area contributed by atoms with Crippen molar-refractivity contribution < 1.29 is 4.42 Å². The zero-order valence-corrected chi connectivity index (χ0v) is 8.57. The SMILES string of the molecule is NC1(CCc2cc3cccnc3o2)CC1. The summed E-state index contributed by atoms with van der Waals surface area (Å²) in [4.78, 5) is 4.16. The van der Waals surface area contributed by atoms with Gasteiger partial charge in [-0.3, -0.25) is 0 Å². The third kappa shape index (κ3) is 1.75. The van der Waals surface area contributed by atoms with Gasteiger partial charge in [-0.15, -0.1) is 0 Å². The second-order valence-corrected chi connectivity index (χ2v) is 4.47. The number of nitrogens with two attached hydrogens (primary N) is 1. The van der Waals surface area contributed by atoms with E-state index in [-0.39, 0.29) is 5.54 Å². The van der Waals surface area contributed by atoms with Crippen LogP contribution in [0.25, 0.3) is 11.1 Å². The highest BCUT2D eigenvalue weighted by Gasteiger charge is 2.37. The lowest BCUT2D eigenvalue weighted by Gasteiger charge is -2.04. The Kier molecular flexibility index (Phi) is 1.83. The number of nitrogens with zero attached hydrogens (tertiary/aromatic N) is 1. The van der Waals surface area contributed by atoms with E-state index in [9.17, 15) is 0 Å². The maximum absolute atomic E-state index is 6.03. The van der Waals surface area contributed by atoms with Crippen LogP contribution >= 0.6 is 0 Å². The molecule has 2 aromatic rings. The Morgan fingerprint density at radius 1 is 1.47 bits per heavy atom. The van der Waals surface area contributed by atoms with Crippen LogP contribution in [0, 0.1) is 0 Å². The quantitative estimate of drug-likeness (QED) is 0.830. The minimum atomic E-state index is 0.104. The third-order valence-electron chi connectivity index (χ3n) is 3.11. The maximum atomic E-state index is 6.03. The van der Waals surface area contributed by atoms with Gasteiger partial charge in [0.1, 0.15) is 5.76 Å². The van der Waals surface area contributed by atoms with Crippen molar-refractivity contribution in [2.24, 2.45) is 5.73 Å². The molecule has 2 N–H and O–H groups in total. The van der Waals surface area contributed by atoms with Crippen molar-refractivity contribution in [2.45, 2.75) is 31.2 Å². The fraction of sp³-hybridized carbons (Fsp3) is 0.417. The van der Waals surface area contributed by atoms with Crippen LogP contribution in [0.2, 0.25) is 0 Å². The van der Waals surface area contributed by atoms with E-state index in [4.69, 9.17) is 10.2 Å². The normalized spacial score (nSPS) is 18.2. The first-order valence-corrected chi connectivity index (χ1v) is 5.38. The summed E-state index contributed by atoms with van der Waals surface area (Å²) < 4.78 is 5.62. The number of fused-ring (bicyclic) bond motifs is 1. The molecule has 1 aliphatic rings. The molecular weight excluding hydrogens is 188 g/mol. The topological polar surface area (TPSA) is 52.0 Å². The van der Waals surface area contributed by atoms with Crippen molar-refractivity contribution in [3.8, 4) is 0 Å². The predicted octanol–water partition coefficient (Wildman–Crippen LogP) is 2.25. The molecule has 0 amide bonds. The van der Waals surface area contributed by atoms with Crippen molar-refractivity contribution in [3.63, 3.8) is 0 Å². The van der Waals surface area contributed by atoms with Gasteiger partial charge in [-0.05, 0) is 37.5 Å². The van der Waals surface area contributed by atoms with E-state index in [1.54, 1.807) is 6.20 Å². The zero-order valence-electron chi connectivity index (χ0n) is 8.57. The maximum Gasteiger partial charge on any atom is 0.226 e. The standard InChI is InChI=1S/C12H14N2O/c13-12(5-6-12)4-3-10-8-9-2-1-7-14-11(9)15-10/h1-2,7-8H,3-6,13H2. The van der Waals surface area contributed by atoms with Gasteiger partial charge in [0.25, 0.3) is 0 Å². The lowest BCUT2D eigenvalue weighted by Crippen LogP contribution is -2.21. The molecule has 0 unspecified atom stereocenters. The van der Waals surface area contributed by atoms with Gasteiger partial charge in [-0.1, -0.05) is 0 Å². The number of rotatable bonds is 3. The number of aryl methyl sites for hydroxylation is 1.